The van der Waals surface area contributed by atoms with Crippen molar-refractivity contribution < 1.29 is 18.0 Å². The quantitative estimate of drug-likeness (QED) is 0.204. The van der Waals surface area contributed by atoms with Crippen LogP contribution in [0.5, 0.6) is 0 Å². The summed E-state index contributed by atoms with van der Waals surface area (Å²) in [5.41, 5.74) is 1.10. The Morgan fingerprint density at radius 3 is 2.03 bits per heavy atom. The second-order valence-electron chi connectivity index (χ2n) is 7.41. The molecular weight excluding hydrogens is 479 g/mol. The van der Waals surface area contributed by atoms with Crippen molar-refractivity contribution in [2.24, 2.45) is 0 Å². The maximum atomic E-state index is 13.4. The lowest BCUT2D eigenvalue weighted by molar-refractivity contribution is -0.141. The predicted molar refractivity (Wildman–Crippen MR) is 128 cm³/mol. The molecule has 2 heterocycles. The highest BCUT2D eigenvalue weighted by molar-refractivity contribution is 7.99. The summed E-state index contributed by atoms with van der Waals surface area (Å²) in [5, 5.41) is 1.69. The average Bonchev–Trinajstić information content (AvgIpc) is 3.38. The van der Waals surface area contributed by atoms with Crippen LogP contribution >= 0.6 is 23.1 Å². The van der Waals surface area contributed by atoms with Crippen molar-refractivity contribution in [2.75, 3.05) is 5.75 Å². The Bertz CT molecular complexity index is 1180. The lowest BCUT2D eigenvalue weighted by Crippen LogP contribution is -2.31. The zero-order valence-electron chi connectivity index (χ0n) is 17.9. The molecule has 2 aromatic carbocycles. The van der Waals surface area contributed by atoms with Crippen molar-refractivity contribution in [1.29, 1.82) is 0 Å². The van der Waals surface area contributed by atoms with Crippen molar-refractivity contribution in [3.8, 4) is 10.6 Å². The fourth-order valence-corrected chi connectivity index (χ4v) is 4.69. The topological polar surface area (TPSA) is 46.1 Å². The average molecular weight is 500 g/mol. The molecule has 0 aliphatic heterocycles. The van der Waals surface area contributed by atoms with Crippen LogP contribution in [0, 0.1) is 0 Å². The summed E-state index contributed by atoms with van der Waals surface area (Å²) in [6, 6.07) is 23.5. The summed E-state index contributed by atoms with van der Waals surface area (Å²) in [5.74, 6) is -0.290. The van der Waals surface area contributed by atoms with Crippen LogP contribution in [0.25, 0.3) is 10.6 Å². The third-order valence-corrected chi connectivity index (χ3v) is 6.60. The molecule has 0 unspecified atom stereocenters. The first kappa shape index (κ1) is 24.0. The smallest absolute Gasteiger partial charge is 0.333 e. The number of amides is 1. The fraction of sp³-hybridized carbons (Fsp3) is 0.160. The zero-order valence-corrected chi connectivity index (χ0v) is 19.5. The normalized spacial score (nSPS) is 11.4. The van der Waals surface area contributed by atoms with E-state index in [1.165, 1.54) is 11.3 Å². The Morgan fingerprint density at radius 2 is 1.50 bits per heavy atom. The van der Waals surface area contributed by atoms with Gasteiger partial charge >= 0.3 is 6.18 Å². The van der Waals surface area contributed by atoms with E-state index in [1.54, 1.807) is 22.4 Å². The van der Waals surface area contributed by atoms with E-state index >= 15 is 0 Å². The van der Waals surface area contributed by atoms with Gasteiger partial charge < -0.3 is 4.90 Å². The lowest BCUT2D eigenvalue weighted by atomic mass is 10.1. The van der Waals surface area contributed by atoms with E-state index in [0.29, 0.717) is 18.0 Å². The summed E-state index contributed by atoms with van der Waals surface area (Å²) < 4.78 is 40.3. The van der Waals surface area contributed by atoms with Crippen LogP contribution in [0.3, 0.4) is 0 Å². The minimum atomic E-state index is -4.61. The molecule has 0 atom stereocenters. The molecule has 174 valence electrons. The molecule has 2 aromatic heterocycles. The third-order valence-electron chi connectivity index (χ3n) is 4.88. The summed E-state index contributed by atoms with van der Waals surface area (Å²) in [4.78, 5) is 23.4. The first-order chi connectivity index (χ1) is 16.4. The van der Waals surface area contributed by atoms with Gasteiger partial charge in [0.2, 0.25) is 5.91 Å². The van der Waals surface area contributed by atoms with E-state index in [0.717, 1.165) is 29.0 Å². The fourth-order valence-electron chi connectivity index (χ4n) is 3.24. The number of hydrogen-bond donors (Lipinski definition) is 0. The van der Waals surface area contributed by atoms with E-state index in [-0.39, 0.29) is 22.5 Å². The first-order valence-corrected chi connectivity index (χ1v) is 12.2. The number of thiophene rings is 1. The molecule has 0 fully saturated rings. The summed E-state index contributed by atoms with van der Waals surface area (Å²) >= 11 is 2.20. The van der Waals surface area contributed by atoms with Gasteiger partial charge in [0, 0.05) is 13.1 Å². The van der Waals surface area contributed by atoms with Crippen LogP contribution in [0.1, 0.15) is 16.8 Å². The molecule has 0 aliphatic carbocycles. The molecule has 1 amide bonds. The molecule has 0 bridgehead atoms. The van der Waals surface area contributed by atoms with E-state index in [2.05, 4.69) is 9.97 Å². The standard InChI is InChI=1S/C25H20F3N3OS2/c26-25(27,28)22-14-20(21-12-7-13-33-21)29-24(30-22)34-17-23(32)31(15-18-8-3-1-4-9-18)16-19-10-5-2-6-11-19/h1-14H,15-17H2. The van der Waals surface area contributed by atoms with Gasteiger partial charge in [0.25, 0.3) is 0 Å². The van der Waals surface area contributed by atoms with Crippen LogP contribution in [0.15, 0.2) is 89.4 Å². The van der Waals surface area contributed by atoms with Crippen LogP contribution in [-0.2, 0) is 24.1 Å². The van der Waals surface area contributed by atoms with Crippen molar-refractivity contribution in [1.82, 2.24) is 14.9 Å². The molecule has 0 radical (unpaired) electrons. The van der Waals surface area contributed by atoms with Gasteiger partial charge in [-0.05, 0) is 28.6 Å². The highest BCUT2D eigenvalue weighted by Gasteiger charge is 2.34. The number of halogens is 3. The molecule has 0 aliphatic rings. The molecule has 9 heteroatoms. The molecular formula is C25H20F3N3OS2. The largest absolute Gasteiger partial charge is 0.433 e. The van der Waals surface area contributed by atoms with Gasteiger partial charge in [0.15, 0.2) is 5.16 Å². The van der Waals surface area contributed by atoms with Gasteiger partial charge in [-0.15, -0.1) is 11.3 Å². The lowest BCUT2D eigenvalue weighted by Gasteiger charge is -2.23. The van der Waals surface area contributed by atoms with Crippen molar-refractivity contribution in [3.05, 3.63) is 101 Å². The number of thioether (sulfide) groups is 1. The van der Waals surface area contributed by atoms with Gasteiger partial charge in [-0.2, -0.15) is 13.2 Å². The number of carbonyl (C=O) groups is 1. The highest BCUT2D eigenvalue weighted by atomic mass is 32.2. The van der Waals surface area contributed by atoms with Crippen LogP contribution < -0.4 is 0 Å². The Morgan fingerprint density at radius 1 is 0.882 bits per heavy atom. The number of aromatic nitrogens is 2. The Labute approximate surface area is 203 Å². The van der Waals surface area contributed by atoms with E-state index in [1.807, 2.05) is 60.7 Å². The molecule has 0 N–H and O–H groups in total. The summed E-state index contributed by atoms with van der Waals surface area (Å²) in [6.45, 7) is 0.776. The minimum absolute atomic E-state index is 0.0778. The SMILES string of the molecule is O=C(CSc1nc(-c2cccs2)cc(C(F)(F)F)n1)N(Cc1ccccc1)Cc1ccccc1. The Kier molecular flexibility index (Phi) is 7.64. The van der Waals surface area contributed by atoms with E-state index in [9.17, 15) is 18.0 Å². The molecule has 4 aromatic rings. The highest BCUT2D eigenvalue weighted by Crippen LogP contribution is 2.33. The van der Waals surface area contributed by atoms with Crippen LogP contribution in [0.4, 0.5) is 13.2 Å². The van der Waals surface area contributed by atoms with E-state index in [4.69, 9.17) is 0 Å². The Balaban J connectivity index is 1.54. The van der Waals surface area contributed by atoms with E-state index < -0.39 is 11.9 Å². The van der Waals surface area contributed by atoms with Gasteiger partial charge in [-0.3, -0.25) is 4.79 Å². The molecule has 4 nitrogen and oxygen atoms in total. The molecule has 0 saturated heterocycles. The number of nitrogens with zero attached hydrogens (tertiary/aromatic N) is 3. The van der Waals surface area contributed by atoms with Crippen LogP contribution in [-0.4, -0.2) is 26.5 Å². The molecule has 0 spiro atoms. The second kappa shape index (κ2) is 10.8. The van der Waals surface area contributed by atoms with Gasteiger partial charge in [-0.25, -0.2) is 9.97 Å². The van der Waals surface area contributed by atoms with Gasteiger partial charge in [-0.1, -0.05) is 78.5 Å². The maximum Gasteiger partial charge on any atom is 0.433 e. The van der Waals surface area contributed by atoms with Crippen molar-refractivity contribution in [3.63, 3.8) is 0 Å². The third kappa shape index (κ3) is 6.45. The first-order valence-electron chi connectivity index (χ1n) is 10.4. The number of hydrogen-bond acceptors (Lipinski definition) is 5. The van der Waals surface area contributed by atoms with Crippen molar-refractivity contribution in [2.45, 2.75) is 24.4 Å². The number of carbonyl (C=O) groups excluding carboxylic acids is 1. The number of benzene rings is 2. The molecule has 4 rings (SSSR count). The molecule has 34 heavy (non-hydrogen) atoms. The minimum Gasteiger partial charge on any atom is -0.333 e. The predicted octanol–water partition coefficient (Wildman–Crippen LogP) is 6.55. The maximum absolute atomic E-state index is 13.4. The number of alkyl halides is 3. The second-order valence-corrected chi connectivity index (χ2v) is 9.30. The van der Waals surface area contributed by atoms with Crippen molar-refractivity contribution >= 4 is 29.0 Å². The Hall–Kier alpha value is -3.17. The monoisotopic (exact) mass is 499 g/mol. The summed E-state index contributed by atoms with van der Waals surface area (Å²) in [7, 11) is 0. The number of rotatable bonds is 8. The van der Waals surface area contributed by atoms with Gasteiger partial charge in [0.05, 0.1) is 16.3 Å². The van der Waals surface area contributed by atoms with Gasteiger partial charge in [0.1, 0.15) is 5.69 Å². The molecule has 0 saturated carbocycles. The summed E-state index contributed by atoms with van der Waals surface area (Å²) in [6.07, 6.45) is -4.61. The van der Waals surface area contributed by atoms with Crippen LogP contribution in [0.2, 0.25) is 0 Å². The zero-order chi connectivity index (χ0) is 24.0.